The van der Waals surface area contributed by atoms with E-state index in [1.54, 1.807) is 13.8 Å². The van der Waals surface area contributed by atoms with Gasteiger partial charge in [-0.25, -0.2) is 0 Å². The Morgan fingerprint density at radius 1 is 1.12 bits per heavy atom. The Morgan fingerprint density at radius 2 is 1.50 bits per heavy atom. The molecule has 0 bridgehead atoms. The number of carbonyl (C=O) groups excluding carboxylic acids is 1. The summed E-state index contributed by atoms with van der Waals surface area (Å²) in [4.78, 5) is 11.6. The Labute approximate surface area is 106 Å². The van der Waals surface area contributed by atoms with Crippen molar-refractivity contribution < 1.29 is 4.79 Å². The van der Waals surface area contributed by atoms with Gasteiger partial charge in [-0.15, -0.1) is 12.4 Å². The molecule has 16 heavy (non-hydrogen) atoms. The van der Waals surface area contributed by atoms with Crippen LogP contribution >= 0.6 is 12.4 Å². The van der Waals surface area contributed by atoms with Crippen LogP contribution in [0, 0.1) is 5.41 Å². The number of rotatable bonds is 6. The number of carbonyl (C=O) groups is 1. The number of hydrogen-bond donors (Lipinski definition) is 2. The van der Waals surface area contributed by atoms with Crippen molar-refractivity contribution in [3.05, 3.63) is 0 Å². The topological polar surface area (TPSA) is 55.1 Å². The molecule has 0 aromatic carbocycles. The van der Waals surface area contributed by atoms with Gasteiger partial charge in [0, 0.05) is 6.54 Å². The van der Waals surface area contributed by atoms with Gasteiger partial charge in [0.1, 0.15) is 0 Å². The van der Waals surface area contributed by atoms with E-state index in [0.29, 0.717) is 0 Å². The molecule has 0 fully saturated rings. The summed E-state index contributed by atoms with van der Waals surface area (Å²) >= 11 is 0. The molecule has 1 amide bonds. The monoisotopic (exact) mass is 250 g/mol. The van der Waals surface area contributed by atoms with Crippen LogP contribution in [0.25, 0.3) is 0 Å². The Kier molecular flexibility index (Phi) is 8.06. The summed E-state index contributed by atoms with van der Waals surface area (Å²) in [7, 11) is 0. The normalized spacial score (nSPS) is 11.9. The third-order valence-corrected chi connectivity index (χ3v) is 3.46. The lowest BCUT2D eigenvalue weighted by Crippen LogP contribution is -2.51. The van der Waals surface area contributed by atoms with Gasteiger partial charge >= 0.3 is 0 Å². The Morgan fingerprint density at radius 3 is 1.75 bits per heavy atom. The summed E-state index contributed by atoms with van der Waals surface area (Å²) in [6.07, 6.45) is 3.27. The Balaban J connectivity index is 0. The number of nitrogens with two attached hydrogens (primary N) is 1. The van der Waals surface area contributed by atoms with Crippen LogP contribution in [0.5, 0.6) is 0 Å². The fourth-order valence-corrected chi connectivity index (χ4v) is 1.62. The predicted molar refractivity (Wildman–Crippen MR) is 71.8 cm³/mol. The van der Waals surface area contributed by atoms with Gasteiger partial charge in [-0.3, -0.25) is 4.79 Å². The maximum atomic E-state index is 11.6. The molecule has 0 spiro atoms. The minimum atomic E-state index is -0.777. The molecule has 98 valence electrons. The Bertz CT molecular complexity index is 199. The second kappa shape index (κ2) is 7.13. The molecule has 0 aliphatic rings. The minimum Gasteiger partial charge on any atom is -0.354 e. The molecule has 4 heteroatoms. The first-order chi connectivity index (χ1) is 6.81. The van der Waals surface area contributed by atoms with Crippen LogP contribution in [0.3, 0.4) is 0 Å². The molecule has 0 aliphatic carbocycles. The lowest BCUT2D eigenvalue weighted by molar-refractivity contribution is -0.125. The first kappa shape index (κ1) is 18.1. The first-order valence-electron chi connectivity index (χ1n) is 5.88. The van der Waals surface area contributed by atoms with Crippen LogP contribution in [0.4, 0.5) is 0 Å². The van der Waals surface area contributed by atoms with Crippen molar-refractivity contribution in [2.75, 3.05) is 6.54 Å². The van der Waals surface area contributed by atoms with E-state index in [0.717, 1.165) is 25.8 Å². The largest absolute Gasteiger partial charge is 0.354 e. The van der Waals surface area contributed by atoms with Crippen LogP contribution in [-0.4, -0.2) is 18.0 Å². The zero-order valence-corrected chi connectivity index (χ0v) is 12.0. The Hall–Kier alpha value is -0.280. The molecule has 0 aliphatic heterocycles. The molecular formula is C12H27ClN2O. The molecule has 0 heterocycles. The van der Waals surface area contributed by atoms with E-state index in [2.05, 4.69) is 26.1 Å². The highest BCUT2D eigenvalue weighted by molar-refractivity contribution is 5.85. The van der Waals surface area contributed by atoms with Gasteiger partial charge in [0.25, 0.3) is 0 Å². The van der Waals surface area contributed by atoms with E-state index in [-0.39, 0.29) is 23.7 Å². The maximum absolute atomic E-state index is 11.6. The SMILES string of the molecule is CCC(CC)(CC)CNC(=O)C(C)(C)N.Cl. The van der Waals surface area contributed by atoms with Gasteiger partial charge in [0.05, 0.1) is 5.54 Å². The number of hydrogen-bond acceptors (Lipinski definition) is 2. The highest BCUT2D eigenvalue weighted by Crippen LogP contribution is 2.29. The molecule has 3 nitrogen and oxygen atoms in total. The lowest BCUT2D eigenvalue weighted by Gasteiger charge is -2.32. The van der Waals surface area contributed by atoms with Crippen molar-refractivity contribution in [1.82, 2.24) is 5.32 Å². The van der Waals surface area contributed by atoms with Gasteiger partial charge in [-0.2, -0.15) is 0 Å². The number of halogens is 1. The van der Waals surface area contributed by atoms with Crippen molar-refractivity contribution >= 4 is 18.3 Å². The smallest absolute Gasteiger partial charge is 0.239 e. The molecule has 0 atom stereocenters. The van der Waals surface area contributed by atoms with Crippen molar-refractivity contribution in [3.63, 3.8) is 0 Å². The van der Waals surface area contributed by atoms with Gasteiger partial charge < -0.3 is 11.1 Å². The van der Waals surface area contributed by atoms with Crippen molar-refractivity contribution in [1.29, 1.82) is 0 Å². The van der Waals surface area contributed by atoms with Crippen LogP contribution in [0.2, 0.25) is 0 Å². The average molecular weight is 251 g/mol. The molecule has 3 N–H and O–H groups in total. The zero-order chi connectivity index (χ0) is 12.1. The van der Waals surface area contributed by atoms with E-state index in [4.69, 9.17) is 5.73 Å². The highest BCUT2D eigenvalue weighted by atomic mass is 35.5. The molecule has 0 rings (SSSR count). The average Bonchev–Trinajstić information content (AvgIpc) is 2.19. The minimum absolute atomic E-state index is 0. The van der Waals surface area contributed by atoms with Crippen LogP contribution in [0.1, 0.15) is 53.9 Å². The molecule has 0 saturated carbocycles. The van der Waals surface area contributed by atoms with Crippen molar-refractivity contribution in [2.24, 2.45) is 11.1 Å². The van der Waals surface area contributed by atoms with Crippen molar-refractivity contribution in [3.8, 4) is 0 Å². The summed E-state index contributed by atoms with van der Waals surface area (Å²) in [6, 6.07) is 0. The fourth-order valence-electron chi connectivity index (χ4n) is 1.62. The van der Waals surface area contributed by atoms with Crippen LogP contribution < -0.4 is 11.1 Å². The van der Waals surface area contributed by atoms with Gasteiger partial charge in [-0.05, 0) is 38.5 Å². The second-order valence-electron chi connectivity index (χ2n) is 4.97. The number of nitrogens with one attached hydrogen (secondary N) is 1. The quantitative estimate of drug-likeness (QED) is 0.761. The summed E-state index contributed by atoms with van der Waals surface area (Å²) < 4.78 is 0. The van der Waals surface area contributed by atoms with E-state index in [1.807, 2.05) is 0 Å². The summed E-state index contributed by atoms with van der Waals surface area (Å²) in [6.45, 7) is 10.7. The lowest BCUT2D eigenvalue weighted by atomic mass is 9.79. The highest BCUT2D eigenvalue weighted by Gasteiger charge is 2.27. The maximum Gasteiger partial charge on any atom is 0.239 e. The third kappa shape index (κ3) is 5.17. The summed E-state index contributed by atoms with van der Waals surface area (Å²) in [5.74, 6) is -0.0674. The van der Waals surface area contributed by atoms with Gasteiger partial charge in [0.15, 0.2) is 0 Å². The van der Waals surface area contributed by atoms with E-state index in [1.165, 1.54) is 0 Å². The summed E-state index contributed by atoms with van der Waals surface area (Å²) in [5.41, 5.74) is 5.18. The molecule has 0 radical (unpaired) electrons. The van der Waals surface area contributed by atoms with Crippen LogP contribution in [0.15, 0.2) is 0 Å². The van der Waals surface area contributed by atoms with E-state index in [9.17, 15) is 4.79 Å². The molecule has 0 aromatic rings. The third-order valence-electron chi connectivity index (χ3n) is 3.46. The van der Waals surface area contributed by atoms with E-state index < -0.39 is 5.54 Å². The van der Waals surface area contributed by atoms with E-state index >= 15 is 0 Å². The molecule has 0 unspecified atom stereocenters. The number of amides is 1. The summed E-state index contributed by atoms with van der Waals surface area (Å²) in [5, 5.41) is 2.95. The van der Waals surface area contributed by atoms with Crippen LogP contribution in [-0.2, 0) is 4.79 Å². The predicted octanol–water partition coefficient (Wildman–Crippen LogP) is 2.48. The van der Waals surface area contributed by atoms with Gasteiger partial charge in [-0.1, -0.05) is 20.8 Å². The molecular weight excluding hydrogens is 224 g/mol. The van der Waals surface area contributed by atoms with Crippen molar-refractivity contribution in [2.45, 2.75) is 59.4 Å². The molecule has 0 aromatic heterocycles. The zero-order valence-electron chi connectivity index (χ0n) is 11.2. The first-order valence-corrected chi connectivity index (χ1v) is 5.88. The second-order valence-corrected chi connectivity index (χ2v) is 4.97. The standard InChI is InChI=1S/C12H26N2O.ClH/c1-6-12(7-2,8-3)9-14-10(15)11(4,5)13;/h6-9,13H2,1-5H3,(H,14,15);1H. The fraction of sp³-hybridized carbons (Fsp3) is 0.917. The van der Waals surface area contributed by atoms with Gasteiger partial charge in [0.2, 0.25) is 5.91 Å². The molecule has 0 saturated heterocycles.